The second-order valence-corrected chi connectivity index (χ2v) is 8.18. The predicted octanol–water partition coefficient (Wildman–Crippen LogP) is 5.11. The van der Waals surface area contributed by atoms with Gasteiger partial charge in [-0.1, -0.05) is 35.4 Å². The first-order chi connectivity index (χ1) is 10.2. The molecule has 0 aromatic heterocycles. The van der Waals surface area contributed by atoms with Crippen LogP contribution in [0.3, 0.4) is 0 Å². The molecule has 0 atom stereocenters. The molecule has 1 aliphatic rings. The molecule has 3 nitrogen and oxygen atoms in total. The van der Waals surface area contributed by atoms with Gasteiger partial charge in [-0.15, -0.1) is 0 Å². The Labute approximate surface area is 131 Å². The Morgan fingerprint density at radius 2 is 1.23 bits per heavy atom. The Hall–Kier alpha value is -1.73. The second-order valence-electron chi connectivity index (χ2n) is 6.27. The van der Waals surface area contributed by atoms with Crippen molar-refractivity contribution in [3.8, 4) is 11.5 Å². The standard InChI is InChI=1S/C18H21O3P/c1-11-6-13(3)17-15(8-11)10-16-9-12(2)7-14(4)18(16)21-22(5,19)20-17/h6-9H,10H2,1-5H3. The highest BCUT2D eigenvalue weighted by Crippen LogP contribution is 2.51. The fourth-order valence-corrected chi connectivity index (χ4v) is 4.39. The monoisotopic (exact) mass is 316 g/mol. The summed E-state index contributed by atoms with van der Waals surface area (Å²) < 4.78 is 24.3. The Morgan fingerprint density at radius 1 is 0.818 bits per heavy atom. The molecule has 22 heavy (non-hydrogen) atoms. The summed E-state index contributed by atoms with van der Waals surface area (Å²) >= 11 is 0. The van der Waals surface area contributed by atoms with E-state index in [2.05, 4.69) is 26.0 Å². The minimum Gasteiger partial charge on any atom is -0.416 e. The first-order valence-electron chi connectivity index (χ1n) is 7.42. The van der Waals surface area contributed by atoms with Crippen LogP contribution in [0.15, 0.2) is 24.3 Å². The van der Waals surface area contributed by atoms with Crippen molar-refractivity contribution < 1.29 is 13.6 Å². The molecule has 0 bridgehead atoms. The van der Waals surface area contributed by atoms with Crippen LogP contribution in [0.2, 0.25) is 0 Å². The fraction of sp³-hybridized carbons (Fsp3) is 0.333. The van der Waals surface area contributed by atoms with E-state index < -0.39 is 7.60 Å². The molecule has 3 rings (SSSR count). The number of aryl methyl sites for hydroxylation is 4. The molecule has 0 N–H and O–H groups in total. The maximum absolute atomic E-state index is 12.8. The van der Waals surface area contributed by atoms with Gasteiger partial charge in [-0.2, -0.15) is 0 Å². The molecule has 0 amide bonds. The number of hydrogen-bond donors (Lipinski definition) is 0. The third kappa shape index (κ3) is 2.78. The SMILES string of the molecule is Cc1cc(C)c2c(c1)Cc1cc(C)cc(C)c1OP(C)(=O)O2. The first-order valence-corrected chi connectivity index (χ1v) is 9.41. The average Bonchev–Trinajstić information content (AvgIpc) is 2.36. The van der Waals surface area contributed by atoms with Crippen LogP contribution in [0.4, 0.5) is 0 Å². The van der Waals surface area contributed by atoms with Crippen LogP contribution in [0.1, 0.15) is 33.4 Å². The van der Waals surface area contributed by atoms with Crippen molar-refractivity contribution in [3.63, 3.8) is 0 Å². The zero-order valence-corrected chi connectivity index (χ0v) is 14.6. The number of hydrogen-bond acceptors (Lipinski definition) is 3. The van der Waals surface area contributed by atoms with Gasteiger partial charge in [-0.25, -0.2) is 4.57 Å². The summed E-state index contributed by atoms with van der Waals surface area (Å²) in [5, 5.41) is 0. The number of fused-ring (bicyclic) bond motifs is 2. The van der Waals surface area contributed by atoms with E-state index in [-0.39, 0.29) is 0 Å². The van der Waals surface area contributed by atoms with Gasteiger partial charge in [0, 0.05) is 6.42 Å². The lowest BCUT2D eigenvalue weighted by atomic mass is 9.96. The Bertz CT molecular complexity index is 745. The van der Waals surface area contributed by atoms with Crippen LogP contribution in [-0.4, -0.2) is 6.66 Å². The maximum atomic E-state index is 12.8. The first kappa shape index (κ1) is 15.2. The Morgan fingerprint density at radius 3 is 1.64 bits per heavy atom. The lowest BCUT2D eigenvalue weighted by Gasteiger charge is -2.26. The fourth-order valence-electron chi connectivity index (χ4n) is 3.16. The molecule has 2 aromatic carbocycles. The third-order valence-corrected chi connectivity index (χ3v) is 4.92. The van der Waals surface area contributed by atoms with Gasteiger partial charge in [0.2, 0.25) is 0 Å². The normalized spacial score (nSPS) is 15.7. The van der Waals surface area contributed by atoms with Crippen LogP contribution >= 0.6 is 7.60 Å². The minimum atomic E-state index is -3.21. The van der Waals surface area contributed by atoms with Gasteiger partial charge in [0.25, 0.3) is 0 Å². The van der Waals surface area contributed by atoms with Crippen molar-refractivity contribution in [1.29, 1.82) is 0 Å². The number of benzene rings is 2. The van der Waals surface area contributed by atoms with Crippen molar-refractivity contribution in [2.75, 3.05) is 6.66 Å². The van der Waals surface area contributed by atoms with E-state index in [4.69, 9.17) is 9.05 Å². The van der Waals surface area contributed by atoms with E-state index in [1.54, 1.807) is 0 Å². The van der Waals surface area contributed by atoms with E-state index >= 15 is 0 Å². The Kier molecular flexibility index (Phi) is 3.57. The van der Waals surface area contributed by atoms with Crippen LogP contribution < -0.4 is 9.05 Å². The summed E-state index contributed by atoms with van der Waals surface area (Å²) in [5.41, 5.74) is 6.47. The van der Waals surface area contributed by atoms with Gasteiger partial charge >= 0.3 is 7.60 Å². The van der Waals surface area contributed by atoms with Gasteiger partial charge in [0.15, 0.2) is 0 Å². The minimum absolute atomic E-state index is 0.696. The van der Waals surface area contributed by atoms with E-state index in [1.807, 2.05) is 26.0 Å². The van der Waals surface area contributed by atoms with Crippen molar-refractivity contribution in [1.82, 2.24) is 0 Å². The molecule has 0 aliphatic carbocycles. The maximum Gasteiger partial charge on any atom is 0.427 e. The topological polar surface area (TPSA) is 35.5 Å². The zero-order chi connectivity index (χ0) is 16.1. The molecule has 116 valence electrons. The van der Waals surface area contributed by atoms with Crippen LogP contribution in [-0.2, 0) is 11.0 Å². The quantitative estimate of drug-likeness (QED) is 0.634. The average molecular weight is 316 g/mol. The molecule has 0 saturated carbocycles. The Balaban J connectivity index is 2.26. The molecular weight excluding hydrogens is 295 g/mol. The molecule has 0 radical (unpaired) electrons. The summed E-state index contributed by atoms with van der Waals surface area (Å²) in [7, 11) is -3.21. The van der Waals surface area contributed by atoms with Crippen molar-refractivity contribution in [3.05, 3.63) is 57.6 Å². The largest absolute Gasteiger partial charge is 0.427 e. The molecule has 0 saturated heterocycles. The highest BCUT2D eigenvalue weighted by molar-refractivity contribution is 7.53. The molecule has 0 fully saturated rings. The summed E-state index contributed by atoms with van der Waals surface area (Å²) in [6.45, 7) is 9.63. The van der Waals surface area contributed by atoms with E-state index in [9.17, 15) is 4.57 Å². The molecule has 0 spiro atoms. The zero-order valence-electron chi connectivity index (χ0n) is 13.7. The second kappa shape index (κ2) is 5.17. The molecular formula is C18H21O3P. The van der Waals surface area contributed by atoms with Gasteiger partial charge in [-0.3, -0.25) is 0 Å². The van der Waals surface area contributed by atoms with Gasteiger partial charge in [0.1, 0.15) is 11.5 Å². The summed E-state index contributed by atoms with van der Waals surface area (Å²) in [4.78, 5) is 0. The summed E-state index contributed by atoms with van der Waals surface area (Å²) in [5.74, 6) is 1.39. The molecule has 4 heteroatoms. The lowest BCUT2D eigenvalue weighted by molar-refractivity contribution is 0.384. The van der Waals surface area contributed by atoms with Gasteiger partial charge in [-0.05, 0) is 49.9 Å². The highest BCUT2D eigenvalue weighted by Gasteiger charge is 2.28. The highest BCUT2D eigenvalue weighted by atomic mass is 31.2. The molecule has 1 heterocycles. The van der Waals surface area contributed by atoms with Crippen molar-refractivity contribution in [2.24, 2.45) is 0 Å². The lowest BCUT2D eigenvalue weighted by Crippen LogP contribution is -2.09. The van der Waals surface area contributed by atoms with Gasteiger partial charge in [0.05, 0.1) is 6.66 Å². The molecule has 2 aromatic rings. The smallest absolute Gasteiger partial charge is 0.416 e. The molecule has 0 unspecified atom stereocenters. The summed E-state index contributed by atoms with van der Waals surface area (Å²) in [6, 6.07) is 8.30. The molecule has 1 aliphatic heterocycles. The van der Waals surface area contributed by atoms with Gasteiger partial charge < -0.3 is 9.05 Å². The van der Waals surface area contributed by atoms with E-state index in [0.717, 1.165) is 28.7 Å². The van der Waals surface area contributed by atoms with Crippen molar-refractivity contribution >= 4 is 7.60 Å². The predicted molar refractivity (Wildman–Crippen MR) is 89.4 cm³/mol. The van der Waals surface area contributed by atoms with E-state index in [0.29, 0.717) is 11.5 Å². The van der Waals surface area contributed by atoms with E-state index in [1.165, 1.54) is 17.8 Å². The van der Waals surface area contributed by atoms with Crippen molar-refractivity contribution in [2.45, 2.75) is 34.1 Å². The summed E-state index contributed by atoms with van der Waals surface area (Å²) in [6.07, 6.45) is 0.718. The van der Waals surface area contributed by atoms with Crippen LogP contribution in [0.5, 0.6) is 11.5 Å². The van der Waals surface area contributed by atoms with Crippen LogP contribution in [0, 0.1) is 27.7 Å². The third-order valence-electron chi connectivity index (χ3n) is 3.89. The number of rotatable bonds is 0. The van der Waals surface area contributed by atoms with Crippen LogP contribution in [0.25, 0.3) is 0 Å².